The molecule has 0 aromatic carbocycles. The van der Waals surface area contributed by atoms with Gasteiger partial charge < -0.3 is 60.1 Å². The molecule has 6 heterocycles. The quantitative estimate of drug-likeness (QED) is 0.0568. The number of fused-ring (bicyclic) bond motifs is 2. The minimum atomic E-state index is -4.86. The van der Waals surface area contributed by atoms with Crippen molar-refractivity contribution in [2.75, 3.05) is 33.1 Å². The maximum Gasteiger partial charge on any atom is 0.340 e. The van der Waals surface area contributed by atoms with Crippen LogP contribution in [0, 0.1) is 23.7 Å². The third kappa shape index (κ3) is 12.8. The summed E-state index contributed by atoms with van der Waals surface area (Å²) in [6.07, 6.45) is -3.99. The summed E-state index contributed by atoms with van der Waals surface area (Å²) in [6.45, 7) is 8.74. The molecule has 10 N–H and O–H groups in total. The van der Waals surface area contributed by atoms with E-state index in [0.29, 0.717) is 40.3 Å². The maximum atomic E-state index is 12.2. The zero-order valence-corrected chi connectivity index (χ0v) is 43.3. The molecule has 4 fully saturated rings. The van der Waals surface area contributed by atoms with Crippen LogP contribution in [0.5, 0.6) is 0 Å². The van der Waals surface area contributed by atoms with Crippen LogP contribution in [0.3, 0.4) is 0 Å². The van der Waals surface area contributed by atoms with E-state index < -0.39 is 106 Å². The van der Waals surface area contributed by atoms with Gasteiger partial charge in [-0.25, -0.2) is 31.5 Å². The fourth-order valence-electron chi connectivity index (χ4n) is 10.0. The molecule has 4 unspecified atom stereocenters. The summed E-state index contributed by atoms with van der Waals surface area (Å²) < 4.78 is 84.4. The van der Waals surface area contributed by atoms with Crippen LogP contribution < -0.4 is 10.6 Å². The molecule has 392 valence electrons. The van der Waals surface area contributed by atoms with Crippen LogP contribution in [0.4, 0.5) is 11.4 Å². The molecule has 4 aromatic rings. The molecule has 8 rings (SSSR count). The van der Waals surface area contributed by atoms with E-state index in [1.165, 1.54) is 10.9 Å². The predicted octanol–water partition coefficient (Wildman–Crippen LogP) is 2.38. The molecule has 2 aliphatic carbocycles. The zero-order chi connectivity index (χ0) is 51.4. The van der Waals surface area contributed by atoms with Crippen molar-refractivity contribution in [3.05, 3.63) is 28.6 Å². The molecule has 0 amide bonds. The number of sulfone groups is 2. The van der Waals surface area contributed by atoms with Crippen molar-refractivity contribution in [1.82, 2.24) is 34.7 Å². The van der Waals surface area contributed by atoms with Crippen LogP contribution >= 0.6 is 38.4 Å². The summed E-state index contributed by atoms with van der Waals surface area (Å²) in [7, 11) is -18.3. The number of anilines is 2. The third-order valence-electron chi connectivity index (χ3n) is 13.2. The normalized spacial score (nSPS) is 29.9. The molecule has 2 saturated carbocycles. The van der Waals surface area contributed by atoms with E-state index in [2.05, 4.69) is 63.7 Å². The first-order chi connectivity index (χ1) is 32.5. The van der Waals surface area contributed by atoms with Gasteiger partial charge in [0.05, 0.1) is 34.5 Å². The second-order valence-electron chi connectivity index (χ2n) is 19.2. The van der Waals surface area contributed by atoms with E-state index in [1.54, 1.807) is 12.1 Å². The lowest BCUT2D eigenvalue weighted by atomic mass is 9.91. The lowest BCUT2D eigenvalue weighted by Gasteiger charge is -2.25. The molecule has 0 spiro atoms. The first-order valence-electron chi connectivity index (χ1n) is 22.5. The van der Waals surface area contributed by atoms with Gasteiger partial charge in [-0.3, -0.25) is 9.13 Å². The summed E-state index contributed by atoms with van der Waals surface area (Å²) in [5, 5.41) is 62.4. The van der Waals surface area contributed by atoms with E-state index in [9.17, 15) is 46.4 Å². The van der Waals surface area contributed by atoms with Gasteiger partial charge >= 0.3 is 15.2 Å². The minimum Gasteiger partial charge on any atom is -0.387 e. The number of pyridine rings is 2. The molecule has 2 saturated heterocycles. The topological polar surface area (TPSA) is 381 Å². The van der Waals surface area contributed by atoms with Crippen molar-refractivity contribution in [2.45, 2.75) is 127 Å². The summed E-state index contributed by atoms with van der Waals surface area (Å²) in [4.78, 5) is 44.6. The summed E-state index contributed by atoms with van der Waals surface area (Å²) >= 11 is 12.5. The molecule has 70 heavy (non-hydrogen) atoms. The van der Waals surface area contributed by atoms with Crippen LogP contribution in [-0.2, 0) is 38.3 Å². The highest BCUT2D eigenvalue weighted by Crippen LogP contribution is 2.42. The minimum absolute atomic E-state index is 0.136. The monoisotopic (exact) mass is 1110 g/mol. The highest BCUT2D eigenvalue weighted by Gasteiger charge is 2.49. The van der Waals surface area contributed by atoms with Crippen molar-refractivity contribution in [2.24, 2.45) is 23.7 Å². The first-order valence-corrected chi connectivity index (χ1v) is 30.5. The molecule has 25 nitrogen and oxygen atoms in total. The second-order valence-corrected chi connectivity index (χ2v) is 28.3. The van der Waals surface area contributed by atoms with Crippen LogP contribution in [-0.4, -0.2) is 163 Å². The van der Waals surface area contributed by atoms with Crippen molar-refractivity contribution < 1.29 is 75.4 Å². The van der Waals surface area contributed by atoms with Crippen LogP contribution in [0.1, 0.15) is 78.7 Å². The second kappa shape index (κ2) is 21.3. The number of rotatable bonds is 16. The van der Waals surface area contributed by atoms with Gasteiger partial charge in [-0.15, -0.1) is 5.10 Å². The predicted molar refractivity (Wildman–Crippen MR) is 255 cm³/mol. The maximum absolute atomic E-state index is 12.2. The Morgan fingerprint density at radius 2 is 1.13 bits per heavy atom. The summed E-state index contributed by atoms with van der Waals surface area (Å²) in [6, 6.07) is 3.79. The molecule has 12 atom stereocenters. The highest BCUT2D eigenvalue weighted by molar-refractivity contribution is 7.97. The van der Waals surface area contributed by atoms with Crippen LogP contribution in [0.2, 0.25) is 10.3 Å². The Kier molecular flexibility index (Phi) is 16.7. The SMILES string of the molecule is CC(C)C1CCCC1Nc1cc(Cl)nc2c1cnn2[C@@H]1O[C@H](CS(=O)(=O)CP(=O)(O)O)[C@@H](O)[C@H]1O.CC(C)C1CCCC1Nc1cc(Cl)nc2c1nnn2[C@@H]1O[C@H](CS(=O)(=O)CP(=O)(O)O)[C@@H](O)[C@H]1O. The number of aromatic nitrogens is 7. The van der Waals surface area contributed by atoms with Gasteiger partial charge in [0.15, 0.2) is 59.9 Å². The van der Waals surface area contributed by atoms with E-state index in [1.807, 2.05) is 0 Å². The van der Waals surface area contributed by atoms with Crippen molar-refractivity contribution in [3.8, 4) is 0 Å². The zero-order valence-electron chi connectivity index (χ0n) is 38.3. The lowest BCUT2D eigenvalue weighted by molar-refractivity contribution is -0.0375. The number of aliphatic hydroxyl groups is 4. The smallest absolute Gasteiger partial charge is 0.340 e. The fraction of sp³-hybridized carbons (Fsp3) is 0.718. The number of aliphatic hydroxyl groups excluding tert-OH is 4. The van der Waals surface area contributed by atoms with E-state index >= 15 is 0 Å². The third-order valence-corrected chi connectivity index (χ3v) is 21.1. The Hall–Kier alpha value is -2.69. The largest absolute Gasteiger partial charge is 0.387 e. The van der Waals surface area contributed by atoms with Crippen molar-refractivity contribution >= 4 is 91.6 Å². The molecule has 0 radical (unpaired) electrons. The number of hydrogen-bond acceptors (Lipinski definition) is 19. The Bertz CT molecular complexity index is 2660. The lowest BCUT2D eigenvalue weighted by Crippen LogP contribution is -2.36. The number of ether oxygens (including phenoxy) is 2. The van der Waals surface area contributed by atoms with Crippen LogP contribution in [0.25, 0.3) is 22.2 Å². The number of hydrogen-bond donors (Lipinski definition) is 10. The van der Waals surface area contributed by atoms with Gasteiger partial charge in [-0.05, 0) is 55.4 Å². The fourth-order valence-corrected chi connectivity index (χ4v) is 16.9. The average molecular weight is 1110 g/mol. The van der Waals surface area contributed by atoms with E-state index in [-0.39, 0.29) is 33.7 Å². The van der Waals surface area contributed by atoms with Gasteiger partial charge in [0, 0.05) is 18.2 Å². The summed E-state index contributed by atoms with van der Waals surface area (Å²) in [5.74, 6) is 0.175. The molecule has 2 aliphatic heterocycles. The van der Waals surface area contributed by atoms with E-state index in [0.717, 1.165) is 48.9 Å². The number of nitrogens with one attached hydrogen (secondary N) is 2. The molecule has 31 heteroatoms. The van der Waals surface area contributed by atoms with Crippen LogP contribution in [0.15, 0.2) is 18.3 Å². The molecule has 0 bridgehead atoms. The Morgan fingerprint density at radius 1 is 0.686 bits per heavy atom. The number of halogens is 2. The van der Waals surface area contributed by atoms with Gasteiger partial charge in [0.2, 0.25) is 0 Å². The standard InChI is InChI=1S/C20H30ClN4O8PS.C19H29ClN5O8PS/c1-10(2)11-4-3-5-13(11)23-14-6-16(21)24-19-12(14)7-22-25(19)20-18(27)17(26)15(33-20)8-35(31,32)9-34(28,29)30;1-9(2)10-4-3-5-11(10)21-12-6-14(20)22-18-15(12)23-24-25(18)19-17(27)16(26)13(33-19)7-35(31,32)8-34(28,29)30/h6-7,10-11,13,15,17-18,20,26-27H,3-5,8-9H2,1-2H3,(H,23,24)(H2,28,29,30);6,9-11,13,16-17,19,26-27H,3-5,7-8H2,1-2H3,(H,21,22)(H2,28,29,30)/t11?,13?,15-,17-,18-,20-;10?,11?,13-,16-,17-,19-/m11/s1. The van der Waals surface area contributed by atoms with Gasteiger partial charge in [0.25, 0.3) is 0 Å². The molecular weight excluding hydrogens is 1050 g/mol. The Morgan fingerprint density at radius 3 is 1.60 bits per heavy atom. The van der Waals surface area contributed by atoms with Crippen molar-refractivity contribution in [3.63, 3.8) is 0 Å². The highest BCUT2D eigenvalue weighted by atomic mass is 35.5. The molecule has 4 aliphatic rings. The average Bonchev–Trinajstić information content (AvgIpc) is 4.09. The molecular formula is C39H59Cl2N9O16P2S2. The van der Waals surface area contributed by atoms with Gasteiger partial charge in [-0.1, -0.05) is 69.0 Å². The number of nitrogens with zero attached hydrogens (tertiary/aromatic N) is 7. The Labute approximate surface area is 412 Å². The first kappa shape index (κ1) is 55.1. The van der Waals surface area contributed by atoms with E-state index in [4.69, 9.17) is 52.2 Å². The van der Waals surface area contributed by atoms with Gasteiger partial charge in [-0.2, -0.15) is 9.78 Å². The summed E-state index contributed by atoms with van der Waals surface area (Å²) in [5.41, 5.74) is -0.655. The Balaban J connectivity index is 0.000000206. The molecule has 4 aromatic heterocycles. The van der Waals surface area contributed by atoms with Gasteiger partial charge in [0.1, 0.15) is 46.9 Å². The van der Waals surface area contributed by atoms with Crippen molar-refractivity contribution in [1.29, 1.82) is 0 Å².